The molecule has 1 aliphatic heterocycles. The molecule has 3 aromatic carbocycles. The molecule has 2 bridgehead atoms. The fraction of sp³-hybridized carbons (Fsp3) is 0.523. The van der Waals surface area contributed by atoms with Crippen molar-refractivity contribution in [1.82, 2.24) is 15.7 Å². The molecule has 296 valence electrons. The summed E-state index contributed by atoms with van der Waals surface area (Å²) in [6.45, 7) is 11.1. The van der Waals surface area contributed by atoms with Crippen LogP contribution in [0.25, 0.3) is 11.1 Å². The van der Waals surface area contributed by atoms with Gasteiger partial charge in [0.1, 0.15) is 12.1 Å². The zero-order chi connectivity index (χ0) is 39.8. The number of carbonyl (C=O) groups is 3. The molecule has 3 aliphatic carbocycles. The van der Waals surface area contributed by atoms with Crippen LogP contribution in [0.2, 0.25) is 0 Å². The molecule has 9 atom stereocenters. The summed E-state index contributed by atoms with van der Waals surface area (Å²) in [6, 6.07) is 19.6. The quantitative estimate of drug-likeness (QED) is 0.180. The van der Waals surface area contributed by atoms with Gasteiger partial charge in [-0.2, -0.15) is 5.06 Å². The Morgan fingerprint density at radius 1 is 1.07 bits per heavy atom. The number of ether oxygens (including phenoxy) is 1. The Morgan fingerprint density at radius 3 is 2.42 bits per heavy atom. The summed E-state index contributed by atoms with van der Waals surface area (Å²) in [4.78, 5) is 49.2. The first-order chi connectivity index (χ1) is 26.1. The van der Waals surface area contributed by atoms with Gasteiger partial charge < -0.3 is 31.1 Å². The zero-order valence-electron chi connectivity index (χ0n) is 33.5. The van der Waals surface area contributed by atoms with Crippen molar-refractivity contribution in [3.05, 3.63) is 89.0 Å². The normalized spacial score (nSPS) is 26.7. The molecule has 11 nitrogen and oxygen atoms in total. The second kappa shape index (κ2) is 16.4. The Kier molecular flexibility index (Phi) is 12.1. The van der Waals surface area contributed by atoms with Crippen molar-refractivity contribution in [2.45, 2.75) is 90.8 Å². The molecule has 0 radical (unpaired) electrons. The van der Waals surface area contributed by atoms with Crippen molar-refractivity contribution < 1.29 is 29.1 Å². The van der Waals surface area contributed by atoms with Gasteiger partial charge >= 0.3 is 5.97 Å². The molecule has 11 heteroatoms. The van der Waals surface area contributed by atoms with Gasteiger partial charge in [-0.25, -0.2) is 4.79 Å². The van der Waals surface area contributed by atoms with Crippen molar-refractivity contribution in [3.8, 4) is 11.1 Å². The fourth-order valence-electron chi connectivity index (χ4n) is 9.45. The van der Waals surface area contributed by atoms with Crippen LogP contribution in [0.4, 0.5) is 5.69 Å². The largest absolute Gasteiger partial charge is 0.467 e. The molecule has 55 heavy (non-hydrogen) atoms. The van der Waals surface area contributed by atoms with Crippen molar-refractivity contribution in [1.29, 1.82) is 0 Å². The van der Waals surface area contributed by atoms with Gasteiger partial charge in [0.05, 0.1) is 25.9 Å². The summed E-state index contributed by atoms with van der Waals surface area (Å²) in [5.41, 5.74) is 12.2. The summed E-state index contributed by atoms with van der Waals surface area (Å²) >= 11 is 0. The lowest BCUT2D eigenvalue weighted by atomic mass is 9.45. The lowest BCUT2D eigenvalue weighted by Crippen LogP contribution is -2.62. The van der Waals surface area contributed by atoms with E-state index in [-0.39, 0.29) is 31.5 Å². The van der Waals surface area contributed by atoms with E-state index in [9.17, 15) is 19.5 Å². The highest BCUT2D eigenvalue weighted by atomic mass is 16.7. The zero-order valence-corrected chi connectivity index (χ0v) is 33.5. The Hall–Kier alpha value is -4.29. The number of fused-ring (bicyclic) bond motifs is 2. The van der Waals surface area contributed by atoms with Crippen LogP contribution in [0.1, 0.15) is 67.6 Å². The van der Waals surface area contributed by atoms with Gasteiger partial charge in [-0.3, -0.25) is 14.4 Å². The first kappa shape index (κ1) is 40.4. The predicted octanol–water partition coefficient (Wildman–Crippen LogP) is 4.87. The molecule has 1 saturated heterocycles. The summed E-state index contributed by atoms with van der Waals surface area (Å²) in [5, 5.41) is 19.0. The number of nitrogens with zero attached hydrogens (tertiary/aromatic N) is 2. The van der Waals surface area contributed by atoms with Crippen molar-refractivity contribution >= 4 is 23.5 Å². The number of anilines is 1. The van der Waals surface area contributed by atoms with Crippen molar-refractivity contribution in [2.24, 2.45) is 34.8 Å². The van der Waals surface area contributed by atoms with E-state index in [0.717, 1.165) is 39.9 Å². The predicted molar refractivity (Wildman–Crippen MR) is 214 cm³/mol. The SMILES string of the molecule is COC(=O)[C@H](Cc1ccccc1)NC(=O)c1cc(-c2cccc(CN3O[C@@H](CN)[C@@H]([C@H](C)O)[C@H]3C(=O)N[C@H]3C[C@H]4C[C@@H]([C@@H]3C)C4(C)C)c2C)cc(N(C)C)c1. The first-order valence-electron chi connectivity index (χ1n) is 19.6. The lowest BCUT2D eigenvalue weighted by Gasteiger charge is -2.62. The van der Waals surface area contributed by atoms with Crippen molar-refractivity contribution in [2.75, 3.05) is 32.6 Å². The maximum absolute atomic E-state index is 14.3. The van der Waals surface area contributed by atoms with E-state index in [1.165, 1.54) is 13.5 Å². The lowest BCUT2D eigenvalue weighted by molar-refractivity contribution is -0.175. The average molecular weight is 754 g/mol. The molecular formula is C44H59N5O6. The van der Waals surface area contributed by atoms with E-state index in [2.05, 4.69) is 31.4 Å². The Morgan fingerprint density at radius 2 is 1.80 bits per heavy atom. The molecule has 2 amide bonds. The smallest absolute Gasteiger partial charge is 0.328 e. The van der Waals surface area contributed by atoms with Gasteiger partial charge in [0.25, 0.3) is 5.91 Å². The third-order valence-electron chi connectivity index (χ3n) is 13.0. The van der Waals surface area contributed by atoms with Gasteiger partial charge in [0, 0.05) is 50.3 Å². The minimum atomic E-state index is -0.872. The second-order valence-corrected chi connectivity index (χ2v) is 16.8. The minimum Gasteiger partial charge on any atom is -0.467 e. The molecular weight excluding hydrogens is 695 g/mol. The second-order valence-electron chi connectivity index (χ2n) is 16.8. The Labute approximate surface area is 325 Å². The van der Waals surface area contributed by atoms with E-state index in [4.69, 9.17) is 15.3 Å². The number of carbonyl (C=O) groups excluding carboxylic acids is 3. The van der Waals surface area contributed by atoms with E-state index >= 15 is 0 Å². The van der Waals surface area contributed by atoms with Crippen LogP contribution in [-0.2, 0) is 32.1 Å². The monoisotopic (exact) mass is 753 g/mol. The summed E-state index contributed by atoms with van der Waals surface area (Å²) < 4.78 is 5.05. The van der Waals surface area contributed by atoms with E-state index in [1.807, 2.05) is 86.6 Å². The average Bonchev–Trinajstić information content (AvgIpc) is 3.54. The number of esters is 1. The van der Waals surface area contributed by atoms with Gasteiger partial charge in [-0.05, 0) is 95.9 Å². The van der Waals surface area contributed by atoms with Gasteiger partial charge in [-0.1, -0.05) is 69.3 Å². The molecule has 4 aliphatic rings. The summed E-state index contributed by atoms with van der Waals surface area (Å²) in [7, 11) is 5.14. The number of aliphatic hydroxyl groups excluding tert-OH is 1. The van der Waals surface area contributed by atoms with Crippen molar-refractivity contribution in [3.63, 3.8) is 0 Å². The van der Waals surface area contributed by atoms with E-state index in [1.54, 1.807) is 18.1 Å². The number of hydroxylamine groups is 2. The summed E-state index contributed by atoms with van der Waals surface area (Å²) in [5.74, 6) is -0.0485. The number of methoxy groups -OCH3 is 1. The van der Waals surface area contributed by atoms with Crippen LogP contribution in [0.5, 0.6) is 0 Å². The number of nitrogens with one attached hydrogen (secondary N) is 2. The fourth-order valence-corrected chi connectivity index (χ4v) is 9.45. The number of hydrogen-bond acceptors (Lipinski definition) is 9. The van der Waals surface area contributed by atoms with Crippen LogP contribution in [0.15, 0.2) is 66.7 Å². The molecule has 0 unspecified atom stereocenters. The van der Waals surface area contributed by atoms with Crippen LogP contribution in [-0.4, -0.2) is 86.0 Å². The molecule has 1 heterocycles. The molecule has 0 aromatic heterocycles. The highest BCUT2D eigenvalue weighted by molar-refractivity contribution is 5.99. The van der Waals surface area contributed by atoms with Gasteiger partial charge in [0.2, 0.25) is 5.91 Å². The standard InChI is InChI=1S/C44H59N5O6/c1-25-29(24-49-40(39(27(3)50)38(23-45)55-49)42(52)46-36-22-32-21-35(26(36)2)44(32,4)5)15-12-16-34(25)30-18-31(20-33(19-30)48(6)7)41(51)47-37(43(53)54-8)17-28-13-10-9-11-14-28/h9-16,18-20,26-27,32,35-40,50H,17,21-24,45H2,1-8H3,(H,46,52)(H,47,51)/t26-,27-,32+,35-,36-,37-,38-,39+,40-/m0/s1. The third-order valence-corrected chi connectivity index (χ3v) is 13.0. The number of aliphatic hydroxyl groups is 1. The van der Waals surface area contributed by atoms with Gasteiger partial charge in [0.15, 0.2) is 0 Å². The highest BCUT2D eigenvalue weighted by Gasteiger charge is 2.57. The molecule has 0 spiro atoms. The van der Waals surface area contributed by atoms with E-state index in [0.29, 0.717) is 28.7 Å². The molecule has 3 aromatic rings. The number of nitrogens with two attached hydrogens (primary N) is 1. The van der Waals surface area contributed by atoms with Crippen LogP contribution >= 0.6 is 0 Å². The topological polar surface area (TPSA) is 146 Å². The van der Waals surface area contributed by atoms with Crippen LogP contribution < -0.4 is 21.3 Å². The van der Waals surface area contributed by atoms with Gasteiger partial charge in [-0.15, -0.1) is 0 Å². The first-order valence-corrected chi connectivity index (χ1v) is 19.6. The summed E-state index contributed by atoms with van der Waals surface area (Å²) in [6.07, 6.45) is 1.11. The maximum atomic E-state index is 14.3. The molecule has 5 N–H and O–H groups in total. The minimum absolute atomic E-state index is 0.0689. The molecule has 7 rings (SSSR count). The molecule has 4 fully saturated rings. The molecule has 3 saturated carbocycles. The van der Waals surface area contributed by atoms with E-state index < -0.39 is 42.1 Å². The maximum Gasteiger partial charge on any atom is 0.328 e. The van der Waals surface area contributed by atoms with Crippen LogP contribution in [0.3, 0.4) is 0 Å². The Bertz CT molecular complexity index is 1860. The Balaban J connectivity index is 1.27. The number of rotatable bonds is 13. The third kappa shape index (κ3) is 8.17. The number of hydrogen-bond donors (Lipinski definition) is 4. The number of benzene rings is 3. The number of amides is 2. The highest BCUT2D eigenvalue weighted by Crippen LogP contribution is 2.61. The van der Waals surface area contributed by atoms with Crippen LogP contribution in [0, 0.1) is 36.0 Å².